The first-order valence-electron chi connectivity index (χ1n) is 6.51. The summed E-state index contributed by atoms with van der Waals surface area (Å²) in [6, 6.07) is 8.31. The number of methoxy groups -OCH3 is 1. The van der Waals surface area contributed by atoms with Gasteiger partial charge in [-0.3, -0.25) is 0 Å². The summed E-state index contributed by atoms with van der Waals surface area (Å²) in [6.07, 6.45) is 4.87. The minimum absolute atomic E-state index is 0.300. The van der Waals surface area contributed by atoms with Gasteiger partial charge in [0.2, 0.25) is 0 Å². The van der Waals surface area contributed by atoms with Crippen LogP contribution in [0.1, 0.15) is 31.7 Å². The molecule has 1 aliphatic carbocycles. The molecule has 2 rings (SSSR count). The molecule has 0 radical (unpaired) electrons. The summed E-state index contributed by atoms with van der Waals surface area (Å²) >= 11 is 0. The minimum Gasteiger partial charge on any atom is -0.496 e. The molecule has 0 heterocycles. The van der Waals surface area contributed by atoms with Crippen molar-refractivity contribution in [2.75, 3.05) is 13.7 Å². The van der Waals surface area contributed by atoms with Gasteiger partial charge >= 0.3 is 0 Å². The van der Waals surface area contributed by atoms with Crippen molar-refractivity contribution in [2.45, 2.75) is 32.6 Å². The van der Waals surface area contributed by atoms with Gasteiger partial charge in [-0.15, -0.1) is 0 Å². The van der Waals surface area contributed by atoms with Crippen LogP contribution in [0.2, 0.25) is 0 Å². The Hall–Kier alpha value is -1.02. The molecule has 2 nitrogen and oxygen atoms in total. The van der Waals surface area contributed by atoms with E-state index >= 15 is 0 Å². The van der Waals surface area contributed by atoms with Crippen LogP contribution in [0.3, 0.4) is 0 Å². The quantitative estimate of drug-likeness (QED) is 0.867. The fourth-order valence-corrected chi connectivity index (χ4v) is 3.17. The third-order valence-electron chi connectivity index (χ3n) is 4.14. The molecule has 2 unspecified atom stereocenters. The van der Waals surface area contributed by atoms with E-state index in [4.69, 9.17) is 10.5 Å². The van der Waals surface area contributed by atoms with Crippen LogP contribution in [0.5, 0.6) is 5.75 Å². The van der Waals surface area contributed by atoms with E-state index in [0.29, 0.717) is 5.41 Å². The Morgan fingerprint density at radius 2 is 2.18 bits per heavy atom. The first-order chi connectivity index (χ1) is 8.19. The monoisotopic (exact) mass is 233 g/mol. The Labute approximate surface area is 104 Å². The van der Waals surface area contributed by atoms with E-state index in [1.54, 1.807) is 7.11 Å². The summed E-state index contributed by atoms with van der Waals surface area (Å²) in [5.41, 5.74) is 7.63. The van der Waals surface area contributed by atoms with Crippen molar-refractivity contribution in [3.05, 3.63) is 29.8 Å². The zero-order valence-electron chi connectivity index (χ0n) is 10.9. The largest absolute Gasteiger partial charge is 0.496 e. The third-order valence-corrected chi connectivity index (χ3v) is 4.14. The lowest BCUT2D eigenvalue weighted by Gasteiger charge is -2.28. The molecule has 1 saturated carbocycles. The summed E-state index contributed by atoms with van der Waals surface area (Å²) in [6.45, 7) is 3.12. The molecule has 1 aromatic carbocycles. The van der Waals surface area contributed by atoms with Crippen molar-refractivity contribution in [1.82, 2.24) is 0 Å². The van der Waals surface area contributed by atoms with E-state index in [0.717, 1.165) is 24.6 Å². The van der Waals surface area contributed by atoms with E-state index in [1.165, 1.54) is 24.8 Å². The number of ether oxygens (including phenoxy) is 1. The molecule has 1 aliphatic rings. The fourth-order valence-electron chi connectivity index (χ4n) is 3.17. The molecule has 0 spiro atoms. The molecule has 2 heteroatoms. The summed E-state index contributed by atoms with van der Waals surface area (Å²) in [7, 11) is 1.74. The lowest BCUT2D eigenvalue weighted by Crippen LogP contribution is -2.30. The maximum atomic E-state index is 6.03. The van der Waals surface area contributed by atoms with Crippen LogP contribution in [0.4, 0.5) is 0 Å². The number of hydrogen-bond donors (Lipinski definition) is 1. The van der Waals surface area contributed by atoms with Gasteiger partial charge in [0.05, 0.1) is 7.11 Å². The highest BCUT2D eigenvalue weighted by molar-refractivity contribution is 5.34. The molecule has 2 N–H and O–H groups in total. The second kappa shape index (κ2) is 5.09. The van der Waals surface area contributed by atoms with E-state index in [2.05, 4.69) is 19.1 Å². The van der Waals surface area contributed by atoms with Gasteiger partial charge in [0.1, 0.15) is 5.75 Å². The van der Waals surface area contributed by atoms with E-state index in [1.807, 2.05) is 12.1 Å². The maximum Gasteiger partial charge on any atom is 0.122 e. The fraction of sp³-hybridized carbons (Fsp3) is 0.600. The topological polar surface area (TPSA) is 35.2 Å². The first kappa shape index (κ1) is 12.4. The Kier molecular flexibility index (Phi) is 3.72. The SMILES string of the molecule is COc1ccccc1CC1(CN)CCC(C)C1. The first-order valence-corrected chi connectivity index (χ1v) is 6.51. The molecule has 17 heavy (non-hydrogen) atoms. The van der Waals surface area contributed by atoms with Crippen LogP contribution >= 0.6 is 0 Å². The zero-order chi connectivity index (χ0) is 12.3. The zero-order valence-corrected chi connectivity index (χ0v) is 10.9. The number of hydrogen-bond acceptors (Lipinski definition) is 2. The lowest BCUT2D eigenvalue weighted by molar-refractivity contribution is 0.290. The Morgan fingerprint density at radius 1 is 1.41 bits per heavy atom. The van der Waals surface area contributed by atoms with Crippen molar-refractivity contribution < 1.29 is 4.74 Å². The van der Waals surface area contributed by atoms with Crippen LogP contribution in [-0.2, 0) is 6.42 Å². The number of rotatable bonds is 4. The van der Waals surface area contributed by atoms with Gasteiger partial charge in [0.15, 0.2) is 0 Å². The van der Waals surface area contributed by atoms with Gasteiger partial charge < -0.3 is 10.5 Å². The van der Waals surface area contributed by atoms with Crippen LogP contribution in [0.15, 0.2) is 24.3 Å². The van der Waals surface area contributed by atoms with Gasteiger partial charge in [-0.05, 0) is 48.8 Å². The van der Waals surface area contributed by atoms with Crippen molar-refractivity contribution in [1.29, 1.82) is 0 Å². The van der Waals surface area contributed by atoms with E-state index < -0.39 is 0 Å². The molecule has 1 aromatic rings. The van der Waals surface area contributed by atoms with Gasteiger partial charge in [-0.25, -0.2) is 0 Å². The Balaban J connectivity index is 2.18. The molecular weight excluding hydrogens is 210 g/mol. The Morgan fingerprint density at radius 3 is 2.76 bits per heavy atom. The molecule has 2 atom stereocenters. The van der Waals surface area contributed by atoms with Crippen molar-refractivity contribution >= 4 is 0 Å². The van der Waals surface area contributed by atoms with Gasteiger partial charge in [-0.2, -0.15) is 0 Å². The molecule has 94 valence electrons. The Bertz CT molecular complexity index is 377. The van der Waals surface area contributed by atoms with Crippen LogP contribution in [0.25, 0.3) is 0 Å². The highest BCUT2D eigenvalue weighted by atomic mass is 16.5. The molecule has 0 amide bonds. The smallest absolute Gasteiger partial charge is 0.122 e. The molecule has 0 aliphatic heterocycles. The highest BCUT2D eigenvalue weighted by Gasteiger charge is 2.36. The lowest BCUT2D eigenvalue weighted by atomic mass is 9.79. The summed E-state index contributed by atoms with van der Waals surface area (Å²) in [5, 5.41) is 0. The molecule has 1 fully saturated rings. The van der Waals surface area contributed by atoms with Gasteiger partial charge in [0.25, 0.3) is 0 Å². The predicted molar refractivity (Wildman–Crippen MR) is 71.2 cm³/mol. The van der Waals surface area contributed by atoms with Gasteiger partial charge in [0, 0.05) is 0 Å². The summed E-state index contributed by atoms with van der Waals surface area (Å²) < 4.78 is 5.43. The molecule has 0 saturated heterocycles. The second-order valence-electron chi connectivity index (χ2n) is 5.54. The van der Waals surface area contributed by atoms with E-state index in [-0.39, 0.29) is 0 Å². The number of benzene rings is 1. The molecular formula is C15H23NO. The van der Waals surface area contributed by atoms with Crippen LogP contribution in [-0.4, -0.2) is 13.7 Å². The standard InChI is InChI=1S/C15H23NO/c1-12-7-8-15(9-12,11-16)10-13-5-3-4-6-14(13)17-2/h3-6,12H,7-11,16H2,1-2H3. The summed E-state index contributed by atoms with van der Waals surface area (Å²) in [4.78, 5) is 0. The normalized spacial score (nSPS) is 28.3. The summed E-state index contributed by atoms with van der Waals surface area (Å²) in [5.74, 6) is 1.81. The van der Waals surface area contributed by atoms with Crippen molar-refractivity contribution in [2.24, 2.45) is 17.1 Å². The predicted octanol–water partition coefficient (Wildman–Crippen LogP) is 3.00. The van der Waals surface area contributed by atoms with E-state index in [9.17, 15) is 0 Å². The number of para-hydroxylation sites is 1. The average Bonchev–Trinajstić information content (AvgIpc) is 2.72. The second-order valence-corrected chi connectivity index (χ2v) is 5.54. The highest BCUT2D eigenvalue weighted by Crippen LogP contribution is 2.44. The van der Waals surface area contributed by atoms with Crippen molar-refractivity contribution in [3.63, 3.8) is 0 Å². The van der Waals surface area contributed by atoms with Crippen LogP contribution < -0.4 is 10.5 Å². The third kappa shape index (κ3) is 2.63. The average molecular weight is 233 g/mol. The minimum atomic E-state index is 0.300. The van der Waals surface area contributed by atoms with Gasteiger partial charge in [-0.1, -0.05) is 31.5 Å². The van der Waals surface area contributed by atoms with Crippen molar-refractivity contribution in [3.8, 4) is 5.75 Å². The van der Waals surface area contributed by atoms with Crippen LogP contribution in [0, 0.1) is 11.3 Å². The molecule has 0 aromatic heterocycles. The molecule has 0 bridgehead atoms. The number of nitrogens with two attached hydrogens (primary N) is 1. The maximum absolute atomic E-state index is 6.03.